The van der Waals surface area contributed by atoms with Crippen LogP contribution in [0.2, 0.25) is 0 Å². The van der Waals surface area contributed by atoms with Crippen molar-refractivity contribution in [3.05, 3.63) is 0 Å². The molecular weight excluding hydrogens is 192 g/mol. The zero-order valence-corrected chi connectivity index (χ0v) is 10.2. The molecule has 1 rings (SSSR count). The Kier molecular flexibility index (Phi) is 5.61. The molecule has 0 N–H and O–H groups in total. The van der Waals surface area contributed by atoms with E-state index in [1.807, 2.05) is 11.8 Å². The highest BCUT2D eigenvalue weighted by molar-refractivity contribution is 7.99. The molecule has 1 saturated carbocycles. The van der Waals surface area contributed by atoms with Gasteiger partial charge in [0.1, 0.15) is 5.78 Å². The van der Waals surface area contributed by atoms with Crippen molar-refractivity contribution in [3.63, 3.8) is 0 Å². The first-order valence-corrected chi connectivity index (χ1v) is 6.96. The zero-order chi connectivity index (χ0) is 10.4. The number of carbonyl (C=O) groups excluding carboxylic acids is 1. The van der Waals surface area contributed by atoms with E-state index >= 15 is 0 Å². The average molecular weight is 214 g/mol. The highest BCUT2D eigenvalue weighted by Gasteiger charge is 2.21. The van der Waals surface area contributed by atoms with Gasteiger partial charge in [-0.25, -0.2) is 0 Å². The Bertz CT molecular complexity index is 171. The molecule has 2 heteroatoms. The largest absolute Gasteiger partial charge is 0.298 e. The van der Waals surface area contributed by atoms with Crippen LogP contribution in [0, 0.1) is 11.8 Å². The maximum absolute atomic E-state index is 11.7. The Balaban J connectivity index is 2.03. The molecule has 14 heavy (non-hydrogen) atoms. The molecular formula is C12H22OS. The van der Waals surface area contributed by atoms with E-state index in [1.54, 1.807) is 0 Å². The lowest BCUT2D eigenvalue weighted by atomic mass is 10.0. The van der Waals surface area contributed by atoms with Crippen LogP contribution in [-0.4, -0.2) is 17.3 Å². The van der Waals surface area contributed by atoms with Crippen molar-refractivity contribution < 1.29 is 4.79 Å². The number of ketones is 1. The summed E-state index contributed by atoms with van der Waals surface area (Å²) in [4.78, 5) is 11.7. The Morgan fingerprint density at radius 3 is 2.57 bits per heavy atom. The molecule has 1 aliphatic rings. The van der Waals surface area contributed by atoms with E-state index in [-0.39, 0.29) is 0 Å². The molecule has 1 fully saturated rings. The highest BCUT2D eigenvalue weighted by Crippen LogP contribution is 2.26. The molecule has 0 bridgehead atoms. The summed E-state index contributed by atoms with van der Waals surface area (Å²) in [5.41, 5.74) is 0. The SMILES string of the molecule is CC(C)CCSCC(=O)C1CCCC1. The quantitative estimate of drug-likeness (QED) is 0.629. The van der Waals surface area contributed by atoms with Crippen LogP contribution in [0.3, 0.4) is 0 Å². The van der Waals surface area contributed by atoms with Crippen molar-refractivity contribution in [1.82, 2.24) is 0 Å². The summed E-state index contributed by atoms with van der Waals surface area (Å²) in [7, 11) is 0. The number of carbonyl (C=O) groups is 1. The maximum Gasteiger partial charge on any atom is 0.145 e. The summed E-state index contributed by atoms with van der Waals surface area (Å²) in [5, 5.41) is 0. The lowest BCUT2D eigenvalue weighted by Gasteiger charge is -2.08. The van der Waals surface area contributed by atoms with Crippen molar-refractivity contribution in [1.29, 1.82) is 0 Å². The molecule has 0 atom stereocenters. The van der Waals surface area contributed by atoms with Crippen LogP contribution < -0.4 is 0 Å². The van der Waals surface area contributed by atoms with Gasteiger partial charge >= 0.3 is 0 Å². The molecule has 0 spiro atoms. The van der Waals surface area contributed by atoms with Crippen molar-refractivity contribution in [3.8, 4) is 0 Å². The lowest BCUT2D eigenvalue weighted by molar-refractivity contribution is -0.120. The Morgan fingerprint density at radius 1 is 1.36 bits per heavy atom. The fourth-order valence-electron chi connectivity index (χ4n) is 1.86. The summed E-state index contributed by atoms with van der Waals surface area (Å²) >= 11 is 1.83. The number of thioether (sulfide) groups is 1. The van der Waals surface area contributed by atoms with Crippen molar-refractivity contribution in [2.24, 2.45) is 11.8 Å². The molecule has 0 heterocycles. The fourth-order valence-corrected chi connectivity index (χ4v) is 3.08. The molecule has 82 valence electrons. The molecule has 0 unspecified atom stereocenters. The molecule has 0 radical (unpaired) electrons. The third-order valence-corrected chi connectivity index (χ3v) is 3.91. The predicted octanol–water partition coefficient (Wildman–Crippen LogP) is 3.53. The van der Waals surface area contributed by atoms with Gasteiger partial charge in [0, 0.05) is 5.92 Å². The van der Waals surface area contributed by atoms with Crippen molar-refractivity contribution in [2.45, 2.75) is 46.0 Å². The van der Waals surface area contributed by atoms with Gasteiger partial charge in [-0.05, 0) is 30.9 Å². The van der Waals surface area contributed by atoms with E-state index in [1.165, 1.54) is 19.3 Å². The smallest absolute Gasteiger partial charge is 0.145 e. The molecule has 0 aromatic rings. The van der Waals surface area contributed by atoms with Gasteiger partial charge in [-0.1, -0.05) is 26.7 Å². The van der Waals surface area contributed by atoms with Crippen LogP contribution in [0.4, 0.5) is 0 Å². The molecule has 0 amide bonds. The molecule has 0 aromatic carbocycles. The molecule has 0 aliphatic heterocycles. The van der Waals surface area contributed by atoms with Crippen LogP contribution in [-0.2, 0) is 4.79 Å². The second-order valence-electron chi connectivity index (χ2n) is 4.68. The van der Waals surface area contributed by atoms with Crippen LogP contribution in [0.1, 0.15) is 46.0 Å². The second kappa shape index (κ2) is 6.49. The van der Waals surface area contributed by atoms with E-state index < -0.39 is 0 Å². The van der Waals surface area contributed by atoms with Crippen molar-refractivity contribution in [2.75, 3.05) is 11.5 Å². The van der Waals surface area contributed by atoms with E-state index in [2.05, 4.69) is 13.8 Å². The minimum Gasteiger partial charge on any atom is -0.298 e. The molecule has 1 aliphatic carbocycles. The summed E-state index contributed by atoms with van der Waals surface area (Å²) in [6, 6.07) is 0. The van der Waals surface area contributed by atoms with Crippen LogP contribution >= 0.6 is 11.8 Å². The van der Waals surface area contributed by atoms with E-state index in [4.69, 9.17) is 0 Å². The van der Waals surface area contributed by atoms with Gasteiger partial charge in [-0.3, -0.25) is 4.79 Å². The summed E-state index contributed by atoms with van der Waals surface area (Å²) < 4.78 is 0. The third-order valence-electron chi connectivity index (χ3n) is 2.89. The first kappa shape index (κ1) is 12.1. The first-order valence-electron chi connectivity index (χ1n) is 5.80. The monoisotopic (exact) mass is 214 g/mol. The normalized spacial score (nSPS) is 17.9. The second-order valence-corrected chi connectivity index (χ2v) is 5.79. The number of hydrogen-bond donors (Lipinski definition) is 0. The zero-order valence-electron chi connectivity index (χ0n) is 9.42. The van der Waals surface area contributed by atoms with E-state index in [0.29, 0.717) is 11.7 Å². The topological polar surface area (TPSA) is 17.1 Å². The summed E-state index contributed by atoms with van der Waals surface area (Å²) in [6.07, 6.45) is 6.09. The summed E-state index contributed by atoms with van der Waals surface area (Å²) in [5.74, 6) is 3.61. The van der Waals surface area contributed by atoms with Crippen LogP contribution in [0.25, 0.3) is 0 Å². The lowest BCUT2D eigenvalue weighted by Crippen LogP contribution is -2.13. The van der Waals surface area contributed by atoms with Crippen LogP contribution in [0.5, 0.6) is 0 Å². The van der Waals surface area contributed by atoms with Gasteiger partial charge in [-0.2, -0.15) is 11.8 Å². The molecule has 0 aromatic heterocycles. The Labute approximate surface area is 92.0 Å². The van der Waals surface area contributed by atoms with Gasteiger partial charge < -0.3 is 0 Å². The third kappa shape index (κ3) is 4.50. The maximum atomic E-state index is 11.7. The molecule has 0 saturated heterocycles. The van der Waals surface area contributed by atoms with Gasteiger partial charge in [0.2, 0.25) is 0 Å². The number of Topliss-reactive ketones (excluding diaryl/α,β-unsaturated/α-hetero) is 1. The van der Waals surface area contributed by atoms with Gasteiger partial charge in [0.25, 0.3) is 0 Å². The Morgan fingerprint density at radius 2 is 2.00 bits per heavy atom. The van der Waals surface area contributed by atoms with E-state index in [0.717, 1.165) is 30.3 Å². The van der Waals surface area contributed by atoms with Crippen LogP contribution in [0.15, 0.2) is 0 Å². The van der Waals surface area contributed by atoms with Gasteiger partial charge in [0.15, 0.2) is 0 Å². The standard InChI is InChI=1S/C12H22OS/c1-10(2)7-8-14-9-12(13)11-5-3-4-6-11/h10-11H,3-9H2,1-2H3. The number of rotatable bonds is 6. The van der Waals surface area contributed by atoms with Crippen molar-refractivity contribution >= 4 is 17.5 Å². The molecule has 1 nitrogen and oxygen atoms in total. The minimum atomic E-state index is 0.418. The minimum absolute atomic E-state index is 0.418. The van der Waals surface area contributed by atoms with Gasteiger partial charge in [-0.15, -0.1) is 0 Å². The fraction of sp³-hybridized carbons (Fsp3) is 0.917. The first-order chi connectivity index (χ1) is 6.70. The summed E-state index contributed by atoms with van der Waals surface area (Å²) in [6.45, 7) is 4.47. The van der Waals surface area contributed by atoms with E-state index in [9.17, 15) is 4.79 Å². The predicted molar refractivity (Wildman–Crippen MR) is 63.7 cm³/mol. The van der Waals surface area contributed by atoms with Gasteiger partial charge in [0.05, 0.1) is 5.75 Å². The average Bonchev–Trinajstić information content (AvgIpc) is 2.64. The number of hydrogen-bond acceptors (Lipinski definition) is 2. The highest BCUT2D eigenvalue weighted by atomic mass is 32.2. The Hall–Kier alpha value is 0.0200.